The molecular formula is C19H17N3OS. The van der Waals surface area contributed by atoms with Crippen molar-refractivity contribution in [2.75, 3.05) is 6.54 Å². The molecule has 1 aliphatic heterocycles. The van der Waals surface area contributed by atoms with E-state index in [1.807, 2.05) is 34.5 Å². The number of carbonyl (C=O) groups is 1. The van der Waals surface area contributed by atoms with Gasteiger partial charge in [0.2, 0.25) is 5.91 Å². The smallest absolute Gasteiger partial charge is 0.228 e. The van der Waals surface area contributed by atoms with Crippen molar-refractivity contribution in [2.24, 2.45) is 0 Å². The lowest BCUT2D eigenvalue weighted by molar-refractivity contribution is -0.131. The van der Waals surface area contributed by atoms with Gasteiger partial charge in [0.25, 0.3) is 0 Å². The fourth-order valence-corrected chi connectivity index (χ4v) is 3.77. The minimum Gasteiger partial charge on any atom is -0.338 e. The average molecular weight is 335 g/mol. The molecule has 1 aromatic carbocycles. The zero-order valence-electron chi connectivity index (χ0n) is 13.2. The van der Waals surface area contributed by atoms with E-state index in [-0.39, 0.29) is 5.91 Å². The van der Waals surface area contributed by atoms with Gasteiger partial charge in [0, 0.05) is 24.7 Å². The topological polar surface area (TPSA) is 46.1 Å². The second kappa shape index (κ2) is 6.53. The van der Waals surface area contributed by atoms with E-state index >= 15 is 0 Å². The highest BCUT2D eigenvalue weighted by molar-refractivity contribution is 7.13. The van der Waals surface area contributed by atoms with E-state index < -0.39 is 0 Å². The molecule has 0 N–H and O–H groups in total. The lowest BCUT2D eigenvalue weighted by atomic mass is 10.00. The van der Waals surface area contributed by atoms with Crippen LogP contribution in [0.4, 0.5) is 0 Å². The highest BCUT2D eigenvalue weighted by atomic mass is 32.1. The molecule has 0 fully saturated rings. The molecule has 5 heteroatoms. The summed E-state index contributed by atoms with van der Waals surface area (Å²) in [6, 6.07) is 14.1. The van der Waals surface area contributed by atoms with Crippen LogP contribution in [-0.2, 0) is 24.2 Å². The third kappa shape index (κ3) is 3.08. The van der Waals surface area contributed by atoms with E-state index in [4.69, 9.17) is 0 Å². The largest absolute Gasteiger partial charge is 0.338 e. The molecule has 0 saturated heterocycles. The van der Waals surface area contributed by atoms with Gasteiger partial charge in [-0.25, -0.2) is 4.98 Å². The maximum absolute atomic E-state index is 12.6. The molecule has 0 unspecified atom stereocenters. The summed E-state index contributed by atoms with van der Waals surface area (Å²) in [6.45, 7) is 1.49. The number of rotatable bonds is 3. The van der Waals surface area contributed by atoms with Crippen LogP contribution in [0.1, 0.15) is 16.8 Å². The number of amides is 1. The molecule has 2 aromatic heterocycles. The molecule has 0 saturated carbocycles. The van der Waals surface area contributed by atoms with E-state index in [1.54, 1.807) is 6.20 Å². The number of fused-ring (bicyclic) bond motifs is 1. The van der Waals surface area contributed by atoms with Crippen LogP contribution in [0, 0.1) is 0 Å². The Bertz CT molecular complexity index is 860. The van der Waals surface area contributed by atoms with Crippen molar-refractivity contribution < 1.29 is 4.79 Å². The fourth-order valence-electron chi connectivity index (χ4n) is 2.97. The van der Waals surface area contributed by atoms with Crippen LogP contribution in [0.2, 0.25) is 0 Å². The average Bonchev–Trinajstić information content (AvgIpc) is 3.10. The minimum atomic E-state index is 0.141. The van der Waals surface area contributed by atoms with Crippen molar-refractivity contribution in [3.05, 3.63) is 70.9 Å². The zero-order valence-corrected chi connectivity index (χ0v) is 14.0. The molecule has 120 valence electrons. The predicted octanol–water partition coefficient (Wildman–Crippen LogP) is 3.33. The molecule has 4 nitrogen and oxygen atoms in total. The molecule has 0 spiro atoms. The normalized spacial score (nSPS) is 13.6. The van der Waals surface area contributed by atoms with Crippen LogP contribution >= 0.6 is 11.3 Å². The molecule has 0 bridgehead atoms. The minimum absolute atomic E-state index is 0.141. The third-order valence-corrected chi connectivity index (χ3v) is 5.17. The fraction of sp³-hybridized carbons (Fsp3) is 0.211. The highest BCUT2D eigenvalue weighted by Crippen LogP contribution is 2.23. The van der Waals surface area contributed by atoms with Gasteiger partial charge >= 0.3 is 0 Å². The van der Waals surface area contributed by atoms with Crippen LogP contribution in [0.5, 0.6) is 0 Å². The first-order valence-electron chi connectivity index (χ1n) is 8.00. The summed E-state index contributed by atoms with van der Waals surface area (Å²) in [5.41, 5.74) is 4.29. The Morgan fingerprint density at radius 3 is 2.79 bits per heavy atom. The standard InChI is InChI=1S/C19H17N3OS/c23-18(22-10-8-14-5-1-2-6-15(14)12-22)11-16-13-24-19(21-16)17-7-3-4-9-20-17/h1-7,9,13H,8,10-12H2. The lowest BCUT2D eigenvalue weighted by Crippen LogP contribution is -2.36. The first kappa shape index (κ1) is 15.0. The second-order valence-electron chi connectivity index (χ2n) is 5.87. The highest BCUT2D eigenvalue weighted by Gasteiger charge is 2.21. The first-order chi connectivity index (χ1) is 11.8. The molecule has 0 radical (unpaired) electrons. The number of thiazole rings is 1. The number of pyridine rings is 1. The van der Waals surface area contributed by atoms with Gasteiger partial charge in [-0.1, -0.05) is 30.3 Å². The van der Waals surface area contributed by atoms with Crippen molar-refractivity contribution in [3.63, 3.8) is 0 Å². The van der Waals surface area contributed by atoms with Gasteiger partial charge in [0.05, 0.1) is 17.8 Å². The Morgan fingerprint density at radius 1 is 1.12 bits per heavy atom. The van der Waals surface area contributed by atoms with Crippen LogP contribution in [0.25, 0.3) is 10.7 Å². The van der Waals surface area contributed by atoms with Crippen molar-refractivity contribution in [2.45, 2.75) is 19.4 Å². The predicted molar refractivity (Wildman–Crippen MR) is 94.6 cm³/mol. The van der Waals surface area contributed by atoms with Crippen molar-refractivity contribution in [3.8, 4) is 10.7 Å². The monoisotopic (exact) mass is 335 g/mol. The number of hydrogen-bond acceptors (Lipinski definition) is 4. The van der Waals surface area contributed by atoms with Gasteiger partial charge in [0.1, 0.15) is 5.01 Å². The van der Waals surface area contributed by atoms with Crippen LogP contribution < -0.4 is 0 Å². The molecule has 24 heavy (non-hydrogen) atoms. The molecule has 3 heterocycles. The van der Waals surface area contributed by atoms with Gasteiger partial charge in [-0.3, -0.25) is 9.78 Å². The summed E-state index contributed by atoms with van der Waals surface area (Å²) < 4.78 is 0. The quantitative estimate of drug-likeness (QED) is 0.737. The molecule has 1 amide bonds. The van der Waals surface area contributed by atoms with Crippen LogP contribution in [0.15, 0.2) is 54.0 Å². The summed E-state index contributed by atoms with van der Waals surface area (Å²) >= 11 is 1.54. The third-order valence-electron chi connectivity index (χ3n) is 4.25. The first-order valence-corrected chi connectivity index (χ1v) is 8.88. The number of carbonyl (C=O) groups excluding carboxylic acids is 1. The van der Waals surface area contributed by atoms with Crippen molar-refractivity contribution >= 4 is 17.2 Å². The molecule has 1 aliphatic rings. The number of hydrogen-bond donors (Lipinski definition) is 0. The van der Waals surface area contributed by atoms with E-state index in [0.717, 1.165) is 29.4 Å². The molecule has 4 rings (SSSR count). The summed E-state index contributed by atoms with van der Waals surface area (Å²) in [6.07, 6.45) is 3.04. The Balaban J connectivity index is 1.45. The molecular weight excluding hydrogens is 318 g/mol. The second-order valence-corrected chi connectivity index (χ2v) is 6.73. The lowest BCUT2D eigenvalue weighted by Gasteiger charge is -2.28. The van der Waals surface area contributed by atoms with Crippen LogP contribution in [0.3, 0.4) is 0 Å². The van der Waals surface area contributed by atoms with Gasteiger partial charge in [-0.05, 0) is 29.7 Å². The van der Waals surface area contributed by atoms with E-state index in [1.165, 1.54) is 22.5 Å². The molecule has 0 atom stereocenters. The number of aromatic nitrogens is 2. The van der Waals surface area contributed by atoms with Gasteiger partial charge in [0.15, 0.2) is 0 Å². The van der Waals surface area contributed by atoms with Crippen LogP contribution in [-0.4, -0.2) is 27.3 Å². The Labute approximate surface area is 144 Å². The van der Waals surface area contributed by atoms with Crippen molar-refractivity contribution in [1.82, 2.24) is 14.9 Å². The molecule has 3 aromatic rings. The summed E-state index contributed by atoms with van der Waals surface area (Å²) in [4.78, 5) is 23.4. The maximum atomic E-state index is 12.6. The summed E-state index contributed by atoms with van der Waals surface area (Å²) in [5.74, 6) is 0.141. The van der Waals surface area contributed by atoms with Gasteiger partial charge < -0.3 is 4.90 Å². The van der Waals surface area contributed by atoms with Gasteiger partial charge in [-0.2, -0.15) is 0 Å². The molecule has 0 aliphatic carbocycles. The summed E-state index contributed by atoms with van der Waals surface area (Å²) in [7, 11) is 0. The van der Waals surface area contributed by atoms with E-state index in [2.05, 4.69) is 28.2 Å². The maximum Gasteiger partial charge on any atom is 0.228 e. The number of benzene rings is 1. The Hall–Kier alpha value is -2.53. The zero-order chi connectivity index (χ0) is 16.4. The number of nitrogens with zero attached hydrogens (tertiary/aromatic N) is 3. The van der Waals surface area contributed by atoms with Gasteiger partial charge in [-0.15, -0.1) is 11.3 Å². The Morgan fingerprint density at radius 2 is 1.96 bits per heavy atom. The Kier molecular flexibility index (Phi) is 4.09. The van der Waals surface area contributed by atoms with E-state index in [9.17, 15) is 4.79 Å². The van der Waals surface area contributed by atoms with E-state index in [0.29, 0.717) is 13.0 Å². The summed E-state index contributed by atoms with van der Waals surface area (Å²) in [5, 5.41) is 2.82. The SMILES string of the molecule is O=C(Cc1csc(-c2ccccn2)n1)N1CCc2ccccc2C1. The van der Waals surface area contributed by atoms with Crippen molar-refractivity contribution in [1.29, 1.82) is 0 Å².